The minimum absolute atomic E-state index is 0.662. The molecule has 1 aliphatic rings. The standard InChI is InChI=1S/C12H18N4OS2/c1-9-7-10(2)15-11(14-9)13-8-19-12(18)16-3-5-17-6-4-16/h7H,3-6,8H2,1-2H3,(H,13,14,15). The molecule has 1 N–H and O–H groups in total. The van der Waals surface area contributed by atoms with Crippen LogP contribution in [0.2, 0.25) is 0 Å². The lowest BCUT2D eigenvalue weighted by atomic mass is 10.4. The molecule has 2 heterocycles. The molecular weight excluding hydrogens is 280 g/mol. The van der Waals surface area contributed by atoms with E-state index in [1.807, 2.05) is 19.9 Å². The van der Waals surface area contributed by atoms with Gasteiger partial charge in [0.1, 0.15) is 4.32 Å². The van der Waals surface area contributed by atoms with E-state index in [4.69, 9.17) is 17.0 Å². The second-order valence-corrected chi connectivity index (χ2v) is 5.91. The van der Waals surface area contributed by atoms with Crippen LogP contribution in [-0.2, 0) is 4.74 Å². The Hall–Kier alpha value is -0.920. The quantitative estimate of drug-likeness (QED) is 0.674. The second-order valence-electron chi connectivity index (χ2n) is 4.31. The lowest BCUT2D eigenvalue weighted by Crippen LogP contribution is -2.38. The van der Waals surface area contributed by atoms with E-state index in [0.717, 1.165) is 42.0 Å². The van der Waals surface area contributed by atoms with E-state index in [-0.39, 0.29) is 0 Å². The Morgan fingerprint density at radius 3 is 2.63 bits per heavy atom. The van der Waals surface area contributed by atoms with Gasteiger partial charge in [-0.1, -0.05) is 24.0 Å². The number of rotatable bonds is 3. The van der Waals surface area contributed by atoms with Crippen molar-refractivity contribution in [2.45, 2.75) is 13.8 Å². The van der Waals surface area contributed by atoms with Crippen LogP contribution in [0.15, 0.2) is 6.07 Å². The third-order valence-electron chi connectivity index (χ3n) is 2.68. The summed E-state index contributed by atoms with van der Waals surface area (Å²) in [7, 11) is 0. The zero-order chi connectivity index (χ0) is 13.7. The highest BCUT2D eigenvalue weighted by atomic mass is 32.2. The number of nitrogens with zero attached hydrogens (tertiary/aromatic N) is 3. The fourth-order valence-corrected chi connectivity index (χ4v) is 2.85. The summed E-state index contributed by atoms with van der Waals surface area (Å²) in [5.74, 6) is 1.34. The van der Waals surface area contributed by atoms with Crippen molar-refractivity contribution in [1.82, 2.24) is 14.9 Å². The molecule has 1 aromatic rings. The lowest BCUT2D eigenvalue weighted by molar-refractivity contribution is 0.0702. The number of anilines is 1. The highest BCUT2D eigenvalue weighted by Crippen LogP contribution is 2.12. The second kappa shape index (κ2) is 7.02. The van der Waals surface area contributed by atoms with Crippen molar-refractivity contribution >= 4 is 34.2 Å². The molecule has 0 spiro atoms. The number of aromatic nitrogens is 2. The molecule has 0 amide bonds. The highest BCUT2D eigenvalue weighted by Gasteiger charge is 2.13. The maximum absolute atomic E-state index is 5.39. The van der Waals surface area contributed by atoms with Gasteiger partial charge in [-0.3, -0.25) is 0 Å². The molecule has 5 nitrogen and oxygen atoms in total. The molecule has 0 atom stereocenters. The Morgan fingerprint density at radius 2 is 2.00 bits per heavy atom. The van der Waals surface area contributed by atoms with Crippen molar-refractivity contribution in [3.8, 4) is 0 Å². The van der Waals surface area contributed by atoms with Gasteiger partial charge in [0.2, 0.25) is 5.95 Å². The molecule has 1 saturated heterocycles. The molecule has 1 fully saturated rings. The minimum Gasteiger partial charge on any atom is -0.378 e. The summed E-state index contributed by atoms with van der Waals surface area (Å²) in [4.78, 5) is 10.8. The Morgan fingerprint density at radius 1 is 1.37 bits per heavy atom. The average Bonchev–Trinajstić information content (AvgIpc) is 2.38. The van der Waals surface area contributed by atoms with Crippen LogP contribution in [0.3, 0.4) is 0 Å². The summed E-state index contributed by atoms with van der Waals surface area (Å²) in [5, 5.41) is 3.19. The summed E-state index contributed by atoms with van der Waals surface area (Å²) in [5.41, 5.74) is 1.94. The molecule has 1 aromatic heterocycles. The monoisotopic (exact) mass is 298 g/mol. The molecule has 2 rings (SSSR count). The molecule has 0 saturated carbocycles. The number of thioether (sulfide) groups is 1. The van der Waals surface area contributed by atoms with Gasteiger partial charge >= 0.3 is 0 Å². The maximum Gasteiger partial charge on any atom is 0.223 e. The first kappa shape index (κ1) is 14.5. The molecular formula is C12H18N4OS2. The summed E-state index contributed by atoms with van der Waals surface area (Å²) in [6.45, 7) is 7.21. The molecule has 0 aromatic carbocycles. The first-order valence-corrected chi connectivity index (χ1v) is 7.60. The Labute approximate surface area is 123 Å². The van der Waals surface area contributed by atoms with E-state index in [0.29, 0.717) is 11.8 Å². The SMILES string of the molecule is Cc1cc(C)nc(NCSC(=S)N2CCOCC2)n1. The number of thiocarbonyl (C=S) groups is 1. The molecule has 1 aliphatic heterocycles. The fourth-order valence-electron chi connectivity index (χ4n) is 1.80. The molecule has 7 heteroatoms. The van der Waals surface area contributed by atoms with E-state index in [1.54, 1.807) is 11.8 Å². The van der Waals surface area contributed by atoms with Gasteiger partial charge in [-0.05, 0) is 19.9 Å². The zero-order valence-corrected chi connectivity index (χ0v) is 12.8. The van der Waals surface area contributed by atoms with Gasteiger partial charge in [-0.15, -0.1) is 0 Å². The molecule has 0 unspecified atom stereocenters. The molecule has 19 heavy (non-hydrogen) atoms. The number of nitrogens with one attached hydrogen (secondary N) is 1. The van der Waals surface area contributed by atoms with Crippen LogP contribution in [0.1, 0.15) is 11.4 Å². The van der Waals surface area contributed by atoms with Gasteiger partial charge in [0, 0.05) is 24.5 Å². The third-order valence-corrected chi connectivity index (χ3v) is 4.08. The van der Waals surface area contributed by atoms with Gasteiger partial charge < -0.3 is 15.0 Å². The topological polar surface area (TPSA) is 50.3 Å². The van der Waals surface area contributed by atoms with Crippen LogP contribution in [-0.4, -0.2) is 51.4 Å². The summed E-state index contributed by atoms with van der Waals surface area (Å²) in [6, 6.07) is 1.96. The van der Waals surface area contributed by atoms with Gasteiger partial charge in [0.25, 0.3) is 0 Å². The van der Waals surface area contributed by atoms with E-state index in [9.17, 15) is 0 Å². The van der Waals surface area contributed by atoms with Gasteiger partial charge in [-0.25, -0.2) is 9.97 Å². The summed E-state index contributed by atoms with van der Waals surface area (Å²) in [6.07, 6.45) is 0. The molecule has 0 radical (unpaired) electrons. The number of hydrogen-bond donors (Lipinski definition) is 1. The number of ether oxygens (including phenoxy) is 1. The number of hydrogen-bond acceptors (Lipinski definition) is 6. The normalized spacial score (nSPS) is 15.4. The predicted octanol–water partition coefficient (Wildman–Crippen LogP) is 1.81. The van der Waals surface area contributed by atoms with E-state index in [2.05, 4.69) is 20.2 Å². The lowest BCUT2D eigenvalue weighted by Gasteiger charge is -2.28. The van der Waals surface area contributed by atoms with Crippen molar-refractivity contribution in [3.63, 3.8) is 0 Å². The van der Waals surface area contributed by atoms with Crippen molar-refractivity contribution in [3.05, 3.63) is 17.5 Å². The van der Waals surface area contributed by atoms with Crippen molar-refractivity contribution in [1.29, 1.82) is 0 Å². The van der Waals surface area contributed by atoms with Gasteiger partial charge in [0.15, 0.2) is 0 Å². The van der Waals surface area contributed by atoms with Crippen LogP contribution in [0.25, 0.3) is 0 Å². The number of aryl methyl sites for hydroxylation is 2. The van der Waals surface area contributed by atoms with Gasteiger partial charge in [-0.2, -0.15) is 0 Å². The summed E-state index contributed by atoms with van der Waals surface area (Å²) >= 11 is 6.99. The average molecular weight is 298 g/mol. The van der Waals surface area contributed by atoms with Crippen molar-refractivity contribution in [2.75, 3.05) is 37.5 Å². The third kappa shape index (κ3) is 4.59. The van der Waals surface area contributed by atoms with E-state index in [1.165, 1.54) is 0 Å². The molecule has 104 valence electrons. The molecule has 0 bridgehead atoms. The first-order chi connectivity index (χ1) is 9.15. The van der Waals surface area contributed by atoms with Crippen LogP contribution >= 0.6 is 24.0 Å². The van der Waals surface area contributed by atoms with Crippen molar-refractivity contribution in [2.24, 2.45) is 0 Å². The van der Waals surface area contributed by atoms with Crippen LogP contribution in [0, 0.1) is 13.8 Å². The highest BCUT2D eigenvalue weighted by molar-refractivity contribution is 8.22. The number of morpholine rings is 1. The zero-order valence-electron chi connectivity index (χ0n) is 11.2. The van der Waals surface area contributed by atoms with Crippen LogP contribution in [0.4, 0.5) is 5.95 Å². The predicted molar refractivity (Wildman–Crippen MR) is 82.6 cm³/mol. The van der Waals surface area contributed by atoms with E-state index < -0.39 is 0 Å². The Kier molecular flexibility index (Phi) is 5.35. The van der Waals surface area contributed by atoms with Crippen molar-refractivity contribution < 1.29 is 4.74 Å². The van der Waals surface area contributed by atoms with Gasteiger partial charge in [0.05, 0.1) is 19.1 Å². The smallest absolute Gasteiger partial charge is 0.223 e. The van der Waals surface area contributed by atoms with Crippen LogP contribution in [0.5, 0.6) is 0 Å². The fraction of sp³-hybridized carbons (Fsp3) is 0.583. The maximum atomic E-state index is 5.39. The Balaban J connectivity index is 1.77. The largest absolute Gasteiger partial charge is 0.378 e. The Bertz CT molecular complexity index is 429. The molecule has 0 aliphatic carbocycles. The minimum atomic E-state index is 0.662. The first-order valence-electron chi connectivity index (χ1n) is 6.21. The summed E-state index contributed by atoms with van der Waals surface area (Å²) < 4.78 is 6.21. The van der Waals surface area contributed by atoms with E-state index >= 15 is 0 Å². The van der Waals surface area contributed by atoms with Crippen LogP contribution < -0.4 is 5.32 Å².